The highest BCUT2D eigenvalue weighted by atomic mass is 19.1. The van der Waals surface area contributed by atoms with Gasteiger partial charge in [-0.1, -0.05) is 36.4 Å². The summed E-state index contributed by atoms with van der Waals surface area (Å²) in [5.41, 5.74) is 1.08. The van der Waals surface area contributed by atoms with Crippen molar-refractivity contribution in [3.05, 3.63) is 71.3 Å². The Bertz CT molecular complexity index is 752. The van der Waals surface area contributed by atoms with Crippen molar-refractivity contribution >= 4 is 0 Å². The highest BCUT2D eigenvalue weighted by Crippen LogP contribution is 2.45. The zero-order valence-electron chi connectivity index (χ0n) is 14.5. The molecule has 2 aromatic carbocycles. The van der Waals surface area contributed by atoms with E-state index in [0.29, 0.717) is 38.6 Å². The highest BCUT2D eigenvalue weighted by molar-refractivity contribution is 5.31. The predicted molar refractivity (Wildman–Crippen MR) is 92.8 cm³/mol. The van der Waals surface area contributed by atoms with E-state index < -0.39 is 17.0 Å². The van der Waals surface area contributed by atoms with Crippen molar-refractivity contribution in [3.8, 4) is 0 Å². The van der Waals surface area contributed by atoms with Crippen LogP contribution < -0.4 is 0 Å². The number of fused-ring (bicyclic) bond motifs is 1. The number of hydrogen-bond acceptors (Lipinski definition) is 3. The molecule has 0 spiro atoms. The molecule has 138 valence electrons. The lowest BCUT2D eigenvalue weighted by Crippen LogP contribution is -2.48. The topological polar surface area (TPSA) is 27.7 Å². The Kier molecular flexibility index (Phi) is 5.02. The number of rotatable bonds is 5. The number of ether oxygens (including phenoxy) is 3. The van der Waals surface area contributed by atoms with E-state index in [1.54, 1.807) is 0 Å². The van der Waals surface area contributed by atoms with Crippen LogP contribution in [0.15, 0.2) is 48.5 Å². The SMILES string of the molecule is Fc1ccc([C@@]23COC[C@@H]2C[C@H](COCc2ccccc2)OC3)c(F)c1. The summed E-state index contributed by atoms with van der Waals surface area (Å²) in [5.74, 6) is -0.952. The molecule has 2 heterocycles. The second-order valence-corrected chi connectivity index (χ2v) is 7.16. The van der Waals surface area contributed by atoms with Crippen LogP contribution in [0.1, 0.15) is 17.5 Å². The first-order chi connectivity index (χ1) is 12.7. The summed E-state index contributed by atoms with van der Waals surface area (Å²) >= 11 is 0. The molecule has 0 radical (unpaired) electrons. The Morgan fingerprint density at radius 3 is 2.73 bits per heavy atom. The lowest BCUT2D eigenvalue weighted by atomic mass is 9.69. The van der Waals surface area contributed by atoms with E-state index in [2.05, 4.69) is 0 Å². The Balaban J connectivity index is 1.40. The molecule has 0 amide bonds. The molecule has 3 nitrogen and oxygen atoms in total. The van der Waals surface area contributed by atoms with Gasteiger partial charge in [-0.2, -0.15) is 0 Å². The molecule has 26 heavy (non-hydrogen) atoms. The van der Waals surface area contributed by atoms with Gasteiger partial charge in [0.05, 0.1) is 44.6 Å². The maximum absolute atomic E-state index is 14.4. The van der Waals surface area contributed by atoms with Gasteiger partial charge < -0.3 is 14.2 Å². The number of halogens is 2. The third-order valence-electron chi connectivity index (χ3n) is 5.47. The van der Waals surface area contributed by atoms with Gasteiger partial charge in [-0.15, -0.1) is 0 Å². The first-order valence-corrected chi connectivity index (χ1v) is 8.94. The smallest absolute Gasteiger partial charge is 0.130 e. The van der Waals surface area contributed by atoms with Gasteiger partial charge in [-0.25, -0.2) is 8.78 Å². The van der Waals surface area contributed by atoms with Crippen molar-refractivity contribution in [2.75, 3.05) is 26.4 Å². The van der Waals surface area contributed by atoms with Crippen LogP contribution in [0.5, 0.6) is 0 Å². The first-order valence-electron chi connectivity index (χ1n) is 8.94. The van der Waals surface area contributed by atoms with Gasteiger partial charge in [-0.05, 0) is 29.5 Å². The second kappa shape index (κ2) is 7.43. The third-order valence-corrected chi connectivity index (χ3v) is 5.47. The Hall–Kier alpha value is -1.82. The second-order valence-electron chi connectivity index (χ2n) is 7.16. The van der Waals surface area contributed by atoms with E-state index in [4.69, 9.17) is 14.2 Å². The van der Waals surface area contributed by atoms with Crippen molar-refractivity contribution in [1.82, 2.24) is 0 Å². The van der Waals surface area contributed by atoms with Gasteiger partial charge in [0.1, 0.15) is 11.6 Å². The van der Waals surface area contributed by atoms with Crippen molar-refractivity contribution in [2.45, 2.75) is 24.5 Å². The summed E-state index contributed by atoms with van der Waals surface area (Å²) in [6.07, 6.45) is 0.702. The zero-order chi connectivity index (χ0) is 18.0. The van der Waals surface area contributed by atoms with E-state index in [0.717, 1.165) is 18.1 Å². The molecule has 0 bridgehead atoms. The summed E-state index contributed by atoms with van der Waals surface area (Å²) in [6, 6.07) is 13.8. The largest absolute Gasteiger partial charge is 0.380 e. The molecule has 5 heteroatoms. The van der Waals surface area contributed by atoms with Crippen LogP contribution in [0.3, 0.4) is 0 Å². The minimum atomic E-state index is -0.568. The van der Waals surface area contributed by atoms with Gasteiger partial charge in [-0.3, -0.25) is 0 Å². The van der Waals surface area contributed by atoms with Crippen LogP contribution in [0.25, 0.3) is 0 Å². The average Bonchev–Trinajstić information content (AvgIpc) is 3.06. The molecule has 0 aliphatic carbocycles. The van der Waals surface area contributed by atoms with Crippen LogP contribution in [0.2, 0.25) is 0 Å². The van der Waals surface area contributed by atoms with Crippen LogP contribution >= 0.6 is 0 Å². The molecule has 2 fully saturated rings. The summed E-state index contributed by atoms with van der Waals surface area (Å²) in [4.78, 5) is 0. The van der Waals surface area contributed by atoms with Gasteiger partial charge in [0, 0.05) is 6.07 Å². The van der Waals surface area contributed by atoms with E-state index in [9.17, 15) is 8.78 Å². The van der Waals surface area contributed by atoms with Gasteiger partial charge >= 0.3 is 0 Å². The Labute approximate surface area is 151 Å². The van der Waals surface area contributed by atoms with E-state index in [1.807, 2.05) is 30.3 Å². The Morgan fingerprint density at radius 1 is 1.08 bits per heavy atom. The van der Waals surface area contributed by atoms with Gasteiger partial charge in [0.2, 0.25) is 0 Å². The highest BCUT2D eigenvalue weighted by Gasteiger charge is 2.51. The van der Waals surface area contributed by atoms with Crippen LogP contribution in [0, 0.1) is 17.6 Å². The zero-order valence-corrected chi connectivity index (χ0v) is 14.5. The average molecular weight is 360 g/mol. The summed E-state index contributed by atoms with van der Waals surface area (Å²) in [5, 5.41) is 0. The summed E-state index contributed by atoms with van der Waals surface area (Å²) < 4.78 is 45.1. The van der Waals surface area contributed by atoms with Gasteiger partial charge in [0.25, 0.3) is 0 Å². The predicted octanol–water partition coefficient (Wildman–Crippen LogP) is 3.85. The van der Waals surface area contributed by atoms with E-state index >= 15 is 0 Å². The molecule has 2 aliphatic heterocycles. The molecule has 0 aromatic heterocycles. The third kappa shape index (κ3) is 3.39. The lowest BCUT2D eigenvalue weighted by molar-refractivity contribution is -0.0870. The molecule has 0 saturated carbocycles. The van der Waals surface area contributed by atoms with Crippen molar-refractivity contribution in [3.63, 3.8) is 0 Å². The molecule has 2 aromatic rings. The van der Waals surface area contributed by atoms with E-state index in [-0.39, 0.29) is 12.0 Å². The molecule has 2 aliphatic rings. The van der Waals surface area contributed by atoms with Gasteiger partial charge in [0.15, 0.2) is 0 Å². The van der Waals surface area contributed by atoms with Crippen LogP contribution in [0.4, 0.5) is 8.78 Å². The number of benzene rings is 2. The van der Waals surface area contributed by atoms with Crippen molar-refractivity contribution in [1.29, 1.82) is 0 Å². The van der Waals surface area contributed by atoms with Crippen molar-refractivity contribution in [2.24, 2.45) is 5.92 Å². The van der Waals surface area contributed by atoms with Crippen molar-refractivity contribution < 1.29 is 23.0 Å². The fourth-order valence-corrected chi connectivity index (χ4v) is 4.03. The minimum Gasteiger partial charge on any atom is -0.380 e. The maximum Gasteiger partial charge on any atom is 0.130 e. The minimum absolute atomic E-state index is 0.0398. The Morgan fingerprint density at radius 2 is 1.92 bits per heavy atom. The molecular formula is C21H22F2O3. The standard InChI is InChI=1S/C21H22F2O3/c22-17-6-7-19(20(23)9-17)21-13-25-11-16(21)8-18(26-14-21)12-24-10-15-4-2-1-3-5-15/h1-7,9,16,18H,8,10-14H2/t16-,18+,21+/m0/s1. The molecule has 0 N–H and O–H groups in total. The van der Waals surface area contributed by atoms with Crippen LogP contribution in [-0.4, -0.2) is 32.5 Å². The number of hydrogen-bond donors (Lipinski definition) is 0. The first kappa shape index (κ1) is 17.6. The molecule has 4 rings (SSSR count). The quantitative estimate of drug-likeness (QED) is 0.811. The molecular weight excluding hydrogens is 338 g/mol. The molecule has 2 saturated heterocycles. The summed E-state index contributed by atoms with van der Waals surface area (Å²) in [7, 11) is 0. The fourth-order valence-electron chi connectivity index (χ4n) is 4.03. The van der Waals surface area contributed by atoms with Crippen LogP contribution in [-0.2, 0) is 26.2 Å². The lowest BCUT2D eigenvalue weighted by Gasteiger charge is -2.41. The molecule has 0 unspecified atom stereocenters. The normalized spacial score (nSPS) is 28.1. The monoisotopic (exact) mass is 360 g/mol. The summed E-state index contributed by atoms with van der Waals surface area (Å²) in [6.45, 7) is 2.36. The maximum atomic E-state index is 14.4. The van der Waals surface area contributed by atoms with E-state index in [1.165, 1.54) is 12.1 Å². The fraction of sp³-hybridized carbons (Fsp3) is 0.429. The molecule has 3 atom stereocenters.